The molecule has 0 radical (unpaired) electrons. The molecule has 0 aliphatic heterocycles. The third-order valence-electron chi connectivity index (χ3n) is 2.91. The van der Waals surface area contributed by atoms with Gasteiger partial charge in [-0.25, -0.2) is 0 Å². The van der Waals surface area contributed by atoms with Gasteiger partial charge in [-0.05, 0) is 32.4 Å². The standard InChI is InChI=1S/C13H18N2O3/c1-4-13(3,7-11(16)17)15-12(18)10-6-5-9(2)14-8-10/h5-6,8H,4,7H2,1-3H3,(H,15,18)(H,16,17)/t13-/m0/s1. The van der Waals surface area contributed by atoms with Crippen LogP contribution in [-0.2, 0) is 4.79 Å². The molecule has 0 unspecified atom stereocenters. The number of amides is 1. The summed E-state index contributed by atoms with van der Waals surface area (Å²) in [4.78, 5) is 26.8. The van der Waals surface area contributed by atoms with Crippen molar-refractivity contribution in [3.05, 3.63) is 29.6 Å². The van der Waals surface area contributed by atoms with Gasteiger partial charge >= 0.3 is 5.97 Å². The van der Waals surface area contributed by atoms with Crippen LogP contribution in [0, 0.1) is 6.92 Å². The van der Waals surface area contributed by atoms with Crippen LogP contribution in [0.3, 0.4) is 0 Å². The van der Waals surface area contributed by atoms with Crippen molar-refractivity contribution in [1.29, 1.82) is 0 Å². The number of aliphatic carboxylic acids is 1. The van der Waals surface area contributed by atoms with Gasteiger partial charge in [0, 0.05) is 17.4 Å². The lowest BCUT2D eigenvalue weighted by Crippen LogP contribution is -2.47. The third kappa shape index (κ3) is 3.84. The number of carboxylic acid groups (broad SMARTS) is 1. The fourth-order valence-corrected chi connectivity index (χ4v) is 1.54. The fourth-order valence-electron chi connectivity index (χ4n) is 1.54. The van der Waals surface area contributed by atoms with Crippen molar-refractivity contribution in [2.24, 2.45) is 0 Å². The number of aryl methyl sites for hydroxylation is 1. The zero-order valence-corrected chi connectivity index (χ0v) is 10.9. The molecule has 0 bridgehead atoms. The molecule has 0 aliphatic carbocycles. The minimum Gasteiger partial charge on any atom is -0.481 e. The number of nitrogens with one attached hydrogen (secondary N) is 1. The maximum Gasteiger partial charge on any atom is 0.305 e. The lowest BCUT2D eigenvalue weighted by Gasteiger charge is -2.27. The average Bonchev–Trinajstić information content (AvgIpc) is 2.28. The molecule has 0 saturated carbocycles. The van der Waals surface area contributed by atoms with E-state index in [1.165, 1.54) is 6.20 Å². The Morgan fingerprint density at radius 2 is 2.11 bits per heavy atom. The first-order chi connectivity index (χ1) is 8.36. The number of nitrogens with zero attached hydrogens (tertiary/aromatic N) is 1. The van der Waals surface area contributed by atoms with Gasteiger partial charge in [0.1, 0.15) is 0 Å². The average molecular weight is 250 g/mol. The van der Waals surface area contributed by atoms with Gasteiger partial charge in [-0.2, -0.15) is 0 Å². The zero-order chi connectivity index (χ0) is 13.8. The van der Waals surface area contributed by atoms with Crippen LogP contribution >= 0.6 is 0 Å². The first-order valence-electron chi connectivity index (χ1n) is 5.83. The summed E-state index contributed by atoms with van der Waals surface area (Å²) in [6.45, 7) is 5.40. The molecule has 1 rings (SSSR count). The first kappa shape index (κ1) is 14.2. The summed E-state index contributed by atoms with van der Waals surface area (Å²) in [5, 5.41) is 11.6. The largest absolute Gasteiger partial charge is 0.481 e. The molecule has 1 heterocycles. The molecule has 5 heteroatoms. The van der Waals surface area contributed by atoms with Gasteiger partial charge in [-0.1, -0.05) is 6.92 Å². The zero-order valence-electron chi connectivity index (χ0n) is 10.9. The van der Waals surface area contributed by atoms with Crippen LogP contribution in [-0.4, -0.2) is 27.5 Å². The molecule has 0 spiro atoms. The number of carbonyl (C=O) groups is 2. The lowest BCUT2D eigenvalue weighted by molar-refractivity contribution is -0.138. The van der Waals surface area contributed by atoms with Gasteiger partial charge in [0.05, 0.1) is 12.0 Å². The van der Waals surface area contributed by atoms with Gasteiger partial charge in [0.15, 0.2) is 0 Å². The molecule has 1 amide bonds. The van der Waals surface area contributed by atoms with Crippen molar-refractivity contribution in [2.75, 3.05) is 0 Å². The van der Waals surface area contributed by atoms with Crippen molar-refractivity contribution in [3.63, 3.8) is 0 Å². The highest BCUT2D eigenvalue weighted by molar-refractivity contribution is 5.94. The Bertz CT molecular complexity index is 442. The summed E-state index contributed by atoms with van der Waals surface area (Å²) in [6, 6.07) is 3.42. The fraction of sp³-hybridized carbons (Fsp3) is 0.462. The Morgan fingerprint density at radius 3 is 2.56 bits per heavy atom. The summed E-state index contributed by atoms with van der Waals surface area (Å²) in [7, 11) is 0. The Kier molecular flexibility index (Phi) is 4.42. The van der Waals surface area contributed by atoms with Crippen LogP contribution in [0.5, 0.6) is 0 Å². The van der Waals surface area contributed by atoms with E-state index in [1.807, 2.05) is 13.8 Å². The van der Waals surface area contributed by atoms with Crippen molar-refractivity contribution in [2.45, 2.75) is 39.2 Å². The number of hydrogen-bond donors (Lipinski definition) is 2. The van der Waals surface area contributed by atoms with Crippen LogP contribution in [0.4, 0.5) is 0 Å². The molecular weight excluding hydrogens is 232 g/mol. The number of aromatic nitrogens is 1. The van der Waals surface area contributed by atoms with Crippen molar-refractivity contribution in [3.8, 4) is 0 Å². The molecule has 2 N–H and O–H groups in total. The van der Waals surface area contributed by atoms with Crippen molar-refractivity contribution >= 4 is 11.9 Å². The maximum absolute atomic E-state index is 12.0. The monoisotopic (exact) mass is 250 g/mol. The third-order valence-corrected chi connectivity index (χ3v) is 2.91. The number of rotatable bonds is 5. The maximum atomic E-state index is 12.0. The number of carbonyl (C=O) groups excluding carboxylic acids is 1. The van der Waals surface area contributed by atoms with Crippen LogP contribution < -0.4 is 5.32 Å². The summed E-state index contributed by atoms with van der Waals surface area (Å²) in [5.74, 6) is -1.23. The second-order valence-corrected chi connectivity index (χ2v) is 4.63. The highest BCUT2D eigenvalue weighted by Gasteiger charge is 2.27. The predicted molar refractivity (Wildman–Crippen MR) is 67.4 cm³/mol. The Hall–Kier alpha value is -1.91. The van der Waals surface area contributed by atoms with Crippen LogP contribution in [0.15, 0.2) is 18.3 Å². The molecule has 0 aliphatic rings. The molecule has 18 heavy (non-hydrogen) atoms. The van der Waals surface area contributed by atoms with Gasteiger partial charge < -0.3 is 10.4 Å². The predicted octanol–water partition coefficient (Wildman–Crippen LogP) is 1.76. The summed E-state index contributed by atoms with van der Waals surface area (Å²) >= 11 is 0. The Labute approximate surface area is 106 Å². The molecule has 5 nitrogen and oxygen atoms in total. The SMILES string of the molecule is CC[C@@](C)(CC(=O)O)NC(=O)c1ccc(C)nc1. The topological polar surface area (TPSA) is 79.3 Å². The molecule has 1 aromatic rings. The van der Waals surface area contributed by atoms with Gasteiger partial charge in [-0.3, -0.25) is 14.6 Å². The van der Waals surface area contributed by atoms with Crippen molar-refractivity contribution in [1.82, 2.24) is 10.3 Å². The second kappa shape index (κ2) is 5.62. The van der Waals surface area contributed by atoms with Gasteiger partial charge in [0.25, 0.3) is 5.91 Å². The van der Waals surface area contributed by atoms with E-state index in [2.05, 4.69) is 10.3 Å². The van der Waals surface area contributed by atoms with E-state index in [1.54, 1.807) is 19.1 Å². The Morgan fingerprint density at radius 1 is 1.44 bits per heavy atom. The molecule has 0 fully saturated rings. The molecule has 1 atom stereocenters. The van der Waals surface area contributed by atoms with Gasteiger partial charge in [-0.15, -0.1) is 0 Å². The summed E-state index contributed by atoms with van der Waals surface area (Å²) in [5.41, 5.74) is 0.523. The number of carboxylic acids is 1. The first-order valence-corrected chi connectivity index (χ1v) is 5.83. The highest BCUT2D eigenvalue weighted by Crippen LogP contribution is 2.15. The molecule has 1 aromatic heterocycles. The minimum atomic E-state index is -0.929. The van der Waals surface area contributed by atoms with E-state index in [0.717, 1.165) is 5.69 Å². The smallest absolute Gasteiger partial charge is 0.305 e. The van der Waals surface area contributed by atoms with E-state index in [9.17, 15) is 9.59 Å². The Balaban J connectivity index is 2.79. The van der Waals surface area contributed by atoms with Crippen LogP contribution in [0.25, 0.3) is 0 Å². The van der Waals surface area contributed by atoms with E-state index in [4.69, 9.17) is 5.11 Å². The molecule has 0 saturated heterocycles. The summed E-state index contributed by atoms with van der Waals surface area (Å²) < 4.78 is 0. The van der Waals surface area contributed by atoms with Gasteiger partial charge in [0.2, 0.25) is 0 Å². The number of hydrogen-bond acceptors (Lipinski definition) is 3. The lowest BCUT2D eigenvalue weighted by atomic mass is 9.94. The minimum absolute atomic E-state index is 0.103. The highest BCUT2D eigenvalue weighted by atomic mass is 16.4. The molecule has 0 aromatic carbocycles. The summed E-state index contributed by atoms with van der Waals surface area (Å²) in [6.07, 6.45) is 1.93. The van der Waals surface area contributed by atoms with E-state index >= 15 is 0 Å². The van der Waals surface area contributed by atoms with Crippen LogP contribution in [0.1, 0.15) is 42.7 Å². The van der Waals surface area contributed by atoms with Crippen molar-refractivity contribution < 1.29 is 14.7 Å². The molecular formula is C13H18N2O3. The second-order valence-electron chi connectivity index (χ2n) is 4.63. The van der Waals surface area contributed by atoms with E-state index in [0.29, 0.717) is 12.0 Å². The number of pyridine rings is 1. The molecule has 98 valence electrons. The van der Waals surface area contributed by atoms with E-state index < -0.39 is 11.5 Å². The van der Waals surface area contributed by atoms with E-state index in [-0.39, 0.29) is 12.3 Å². The normalized spacial score (nSPS) is 13.7. The quantitative estimate of drug-likeness (QED) is 0.834. The van der Waals surface area contributed by atoms with Crippen LogP contribution in [0.2, 0.25) is 0 Å².